The van der Waals surface area contributed by atoms with Crippen molar-refractivity contribution >= 4 is 17.1 Å². The minimum atomic E-state index is 0.0231. The Kier molecular flexibility index (Phi) is 19.3. The molecule has 7 aromatic carbocycles. The summed E-state index contributed by atoms with van der Waals surface area (Å²) in [6.45, 7) is 13.9. The maximum absolute atomic E-state index is 7.17. The van der Waals surface area contributed by atoms with Crippen LogP contribution >= 0.6 is 0 Å². The molecule has 11 rings (SSSR count). The van der Waals surface area contributed by atoms with E-state index in [4.69, 9.17) is 9.47 Å². The molecule has 0 radical (unpaired) electrons. The fourth-order valence-electron chi connectivity index (χ4n) is 15.5. The summed E-state index contributed by atoms with van der Waals surface area (Å²) in [4.78, 5) is 2.44. The van der Waals surface area contributed by atoms with Gasteiger partial charge in [0.15, 0.2) is 23.0 Å². The number of anilines is 3. The van der Waals surface area contributed by atoms with Crippen LogP contribution in [0.15, 0.2) is 133 Å². The van der Waals surface area contributed by atoms with Crippen LogP contribution < -0.4 is 14.4 Å². The Hall–Kier alpha value is -6.06. The first-order valence-electron chi connectivity index (χ1n) is 34.0. The number of fused-ring (bicyclic) bond motifs is 10. The van der Waals surface area contributed by atoms with Gasteiger partial charge < -0.3 is 9.47 Å². The highest BCUT2D eigenvalue weighted by Crippen LogP contribution is 2.62. The lowest BCUT2D eigenvalue weighted by molar-refractivity contribution is 0.398. The third kappa shape index (κ3) is 12.0. The molecule has 3 nitrogen and oxygen atoms in total. The Morgan fingerprint density at radius 3 is 1.06 bits per heavy atom. The standard InChI is InChI=1S/C80H99NO2/c1-7-12-16-20-24-32-48-79(49-33-25-21-17-13-8-2)68-38-30-28-36-64(68)66-44-40-59(52-70(66)79)61-42-46-72-74(54-61)82-76-56-63(58(6)11-5)57-77-78(76)81(72)73-47-43-62(55-75(73)83-77)60-41-45-67-65-37-29-31-39-69(65)80(71(67)53-60,50-34-26-22-18-14-9-3)51-35-27-23-19-15-10-4/h28-31,36-47,52-58H,7-27,32-35,48-51H2,1-6H3. The van der Waals surface area contributed by atoms with Gasteiger partial charge in [-0.25, -0.2) is 0 Å². The van der Waals surface area contributed by atoms with Crippen molar-refractivity contribution in [3.8, 4) is 67.5 Å². The summed E-state index contributed by atoms with van der Waals surface area (Å²) in [5.41, 5.74) is 21.3. The second-order valence-electron chi connectivity index (χ2n) is 25.9. The van der Waals surface area contributed by atoms with Gasteiger partial charge in [0.1, 0.15) is 5.69 Å². The van der Waals surface area contributed by atoms with Gasteiger partial charge in [0, 0.05) is 10.8 Å². The molecular formula is C80H99NO2. The number of benzene rings is 7. The minimum absolute atomic E-state index is 0.0231. The highest BCUT2D eigenvalue weighted by atomic mass is 16.5. The summed E-state index contributed by atoms with van der Waals surface area (Å²) < 4.78 is 14.3. The van der Waals surface area contributed by atoms with Gasteiger partial charge in [0.05, 0.1) is 11.4 Å². The van der Waals surface area contributed by atoms with E-state index in [-0.39, 0.29) is 10.8 Å². The second kappa shape index (κ2) is 27.3. The van der Waals surface area contributed by atoms with E-state index >= 15 is 0 Å². The molecule has 0 saturated heterocycles. The van der Waals surface area contributed by atoms with E-state index in [1.807, 2.05) is 0 Å². The third-order valence-corrected chi connectivity index (χ3v) is 20.3. The number of rotatable bonds is 32. The molecule has 0 aromatic heterocycles. The number of unbranched alkanes of at least 4 members (excludes halogenated alkanes) is 20. The maximum Gasteiger partial charge on any atom is 0.155 e. The van der Waals surface area contributed by atoms with Crippen LogP contribution in [0.4, 0.5) is 17.1 Å². The summed E-state index contributed by atoms with van der Waals surface area (Å²) in [6.07, 6.45) is 37.5. The first-order chi connectivity index (χ1) is 40.9. The van der Waals surface area contributed by atoms with Crippen molar-refractivity contribution in [1.29, 1.82) is 0 Å². The molecule has 0 bridgehead atoms. The molecule has 2 aliphatic heterocycles. The zero-order valence-corrected chi connectivity index (χ0v) is 52.0. The molecule has 0 amide bonds. The Bertz CT molecular complexity index is 3060. The molecule has 83 heavy (non-hydrogen) atoms. The van der Waals surface area contributed by atoms with E-state index in [1.54, 1.807) is 11.1 Å². The average Bonchev–Trinajstić information content (AvgIpc) is 3.06. The van der Waals surface area contributed by atoms with Gasteiger partial charge in [-0.05, 0) is 159 Å². The Labute approximate surface area is 502 Å². The van der Waals surface area contributed by atoms with Crippen LogP contribution in [-0.4, -0.2) is 0 Å². The van der Waals surface area contributed by atoms with E-state index < -0.39 is 0 Å². The zero-order valence-electron chi connectivity index (χ0n) is 52.0. The Balaban J connectivity index is 0.945. The fraction of sp³-hybridized carbons (Fsp3) is 0.475. The SMILES string of the molecule is CCCCCCCCC1(CCCCCCCC)c2ccccc2-c2ccc(-c3ccc4c(c3)Oc3cc(C(C)CC)cc5c3N4c3ccc(-c4ccc6c(c4)C(CCCCCCCC)(CCCCCCCC)c4ccccc4-6)cc3O5)cc21. The number of nitrogens with zero attached hydrogens (tertiary/aromatic N) is 1. The van der Waals surface area contributed by atoms with Gasteiger partial charge >= 0.3 is 0 Å². The molecule has 7 aromatic rings. The summed E-state index contributed by atoms with van der Waals surface area (Å²) in [5, 5.41) is 0. The van der Waals surface area contributed by atoms with Gasteiger partial charge in [-0.1, -0.05) is 281 Å². The second-order valence-corrected chi connectivity index (χ2v) is 25.9. The summed E-state index contributed by atoms with van der Waals surface area (Å²) in [6, 6.07) is 52.3. The third-order valence-electron chi connectivity index (χ3n) is 20.3. The summed E-state index contributed by atoms with van der Waals surface area (Å²) in [5.74, 6) is 3.86. The lowest BCUT2D eigenvalue weighted by Gasteiger charge is -2.38. The van der Waals surface area contributed by atoms with Crippen molar-refractivity contribution < 1.29 is 9.47 Å². The van der Waals surface area contributed by atoms with Gasteiger partial charge in [0.2, 0.25) is 0 Å². The van der Waals surface area contributed by atoms with Crippen molar-refractivity contribution in [2.75, 3.05) is 4.90 Å². The molecule has 0 spiro atoms. The molecule has 0 fully saturated rings. The van der Waals surface area contributed by atoms with Gasteiger partial charge in [-0.2, -0.15) is 0 Å². The zero-order chi connectivity index (χ0) is 57.2. The van der Waals surface area contributed by atoms with Crippen molar-refractivity contribution in [1.82, 2.24) is 0 Å². The highest BCUT2D eigenvalue weighted by Gasteiger charge is 2.44. The molecule has 0 N–H and O–H groups in total. The van der Waals surface area contributed by atoms with E-state index in [9.17, 15) is 0 Å². The largest absolute Gasteiger partial charge is 0.453 e. The van der Waals surface area contributed by atoms with Crippen molar-refractivity contribution in [2.24, 2.45) is 0 Å². The predicted octanol–water partition coefficient (Wildman–Crippen LogP) is 25.8. The number of hydrogen-bond acceptors (Lipinski definition) is 3. The molecule has 2 aliphatic carbocycles. The normalized spacial score (nSPS) is 14.7. The van der Waals surface area contributed by atoms with Crippen LogP contribution in [0.2, 0.25) is 0 Å². The van der Waals surface area contributed by atoms with Gasteiger partial charge in [0.25, 0.3) is 0 Å². The van der Waals surface area contributed by atoms with E-state index in [0.717, 1.165) is 46.5 Å². The van der Waals surface area contributed by atoms with Crippen LogP contribution in [-0.2, 0) is 10.8 Å². The van der Waals surface area contributed by atoms with Crippen molar-refractivity contribution in [2.45, 2.75) is 244 Å². The smallest absolute Gasteiger partial charge is 0.155 e. The van der Waals surface area contributed by atoms with Crippen LogP contribution in [0, 0.1) is 0 Å². The first kappa shape index (κ1) is 58.7. The number of ether oxygens (including phenoxy) is 2. The van der Waals surface area contributed by atoms with Crippen LogP contribution in [0.3, 0.4) is 0 Å². The van der Waals surface area contributed by atoms with Crippen LogP contribution in [0.25, 0.3) is 44.5 Å². The topological polar surface area (TPSA) is 21.7 Å². The quantitative estimate of drug-likeness (QED) is 0.0392. The average molecular weight is 1110 g/mol. The first-order valence-corrected chi connectivity index (χ1v) is 34.0. The van der Waals surface area contributed by atoms with Gasteiger partial charge in [-0.3, -0.25) is 4.90 Å². The maximum atomic E-state index is 7.17. The van der Waals surface area contributed by atoms with Crippen LogP contribution in [0.5, 0.6) is 23.0 Å². The monoisotopic (exact) mass is 1110 g/mol. The molecule has 2 heterocycles. The van der Waals surface area contributed by atoms with Crippen LogP contribution in [0.1, 0.15) is 261 Å². The molecular weight excluding hydrogens is 1010 g/mol. The summed E-state index contributed by atoms with van der Waals surface area (Å²) >= 11 is 0. The Morgan fingerprint density at radius 1 is 0.337 bits per heavy atom. The summed E-state index contributed by atoms with van der Waals surface area (Å²) in [7, 11) is 0. The Morgan fingerprint density at radius 2 is 0.675 bits per heavy atom. The molecule has 0 saturated carbocycles. The fourth-order valence-corrected chi connectivity index (χ4v) is 15.5. The van der Waals surface area contributed by atoms with E-state index in [0.29, 0.717) is 5.92 Å². The van der Waals surface area contributed by atoms with Crippen molar-refractivity contribution in [3.63, 3.8) is 0 Å². The van der Waals surface area contributed by atoms with Gasteiger partial charge in [-0.15, -0.1) is 0 Å². The molecule has 1 unspecified atom stereocenters. The predicted molar refractivity (Wildman–Crippen MR) is 355 cm³/mol. The minimum Gasteiger partial charge on any atom is -0.453 e. The van der Waals surface area contributed by atoms with E-state index in [2.05, 4.69) is 180 Å². The molecule has 1 atom stereocenters. The molecule has 3 heteroatoms. The number of hydrogen-bond donors (Lipinski definition) is 0. The molecule has 4 aliphatic rings. The lowest BCUT2D eigenvalue weighted by Crippen LogP contribution is -2.25. The highest BCUT2D eigenvalue weighted by molar-refractivity contribution is 5.96. The lowest BCUT2D eigenvalue weighted by atomic mass is 9.70. The van der Waals surface area contributed by atoms with E-state index in [1.165, 1.54) is 241 Å². The molecule has 436 valence electrons. The van der Waals surface area contributed by atoms with Crippen molar-refractivity contribution in [3.05, 3.63) is 161 Å².